The van der Waals surface area contributed by atoms with E-state index in [1.807, 2.05) is 5.38 Å². The predicted octanol–water partition coefficient (Wildman–Crippen LogP) is 3.70. The number of halogens is 1. The highest BCUT2D eigenvalue weighted by Gasteiger charge is 2.16. The van der Waals surface area contributed by atoms with Crippen LogP contribution in [-0.2, 0) is 0 Å². The van der Waals surface area contributed by atoms with Crippen LogP contribution in [0, 0.1) is 0 Å². The number of nitrogens with one attached hydrogen (secondary N) is 1. The second-order valence-electron chi connectivity index (χ2n) is 3.90. The Bertz CT molecular complexity index is 722. The number of rotatable bonds is 3. The minimum atomic E-state index is -0.245. The summed E-state index contributed by atoms with van der Waals surface area (Å²) in [6.45, 7) is 0. The van der Waals surface area contributed by atoms with Crippen LogP contribution in [-0.4, -0.2) is 16.2 Å². The number of hydrogen-bond acceptors (Lipinski definition) is 5. The van der Waals surface area contributed by atoms with Gasteiger partial charge in [-0.3, -0.25) is 4.79 Å². The molecule has 2 aromatic heterocycles. The maximum Gasteiger partial charge on any atom is 0.267 e. The first-order valence-corrected chi connectivity index (χ1v) is 6.93. The van der Waals surface area contributed by atoms with Crippen LogP contribution in [0.3, 0.4) is 0 Å². The number of thiophene rings is 1. The molecule has 1 aromatic carbocycles. The molecule has 0 unspecified atom stereocenters. The smallest absolute Gasteiger partial charge is 0.267 e. The average Bonchev–Trinajstić information content (AvgIpc) is 3.10. The van der Waals surface area contributed by atoms with E-state index in [0.29, 0.717) is 15.6 Å². The van der Waals surface area contributed by atoms with Gasteiger partial charge >= 0.3 is 0 Å². The zero-order valence-electron chi connectivity index (χ0n) is 10.0. The molecule has 0 aliphatic heterocycles. The number of carbonyl (C=O) groups excluding carboxylic acids is 1. The third-order valence-electron chi connectivity index (χ3n) is 2.58. The van der Waals surface area contributed by atoms with Crippen molar-refractivity contribution in [3.63, 3.8) is 0 Å². The predicted molar refractivity (Wildman–Crippen MR) is 77.0 cm³/mol. The van der Waals surface area contributed by atoms with Gasteiger partial charge in [-0.2, -0.15) is 0 Å². The van der Waals surface area contributed by atoms with Crippen LogP contribution in [0.4, 0.5) is 5.82 Å². The van der Waals surface area contributed by atoms with Crippen LogP contribution < -0.4 is 5.32 Å². The molecule has 0 saturated carbocycles. The minimum absolute atomic E-state index is 0.245. The summed E-state index contributed by atoms with van der Waals surface area (Å²) < 4.78 is 4.70. The summed E-state index contributed by atoms with van der Waals surface area (Å²) in [5.74, 6) is 0.0386. The first kappa shape index (κ1) is 12.8. The lowest BCUT2D eigenvalue weighted by Crippen LogP contribution is -2.11. The molecular formula is C13H8ClN3O2S. The number of hydrogen-bond donors (Lipinski definition) is 1. The zero-order valence-corrected chi connectivity index (χ0v) is 11.6. The molecule has 0 saturated heterocycles. The normalized spacial score (nSPS) is 10.4. The Morgan fingerprint density at radius 2 is 2.00 bits per heavy atom. The number of nitrogens with zero attached hydrogens (tertiary/aromatic N) is 2. The van der Waals surface area contributed by atoms with Gasteiger partial charge in [-0.1, -0.05) is 29.8 Å². The van der Waals surface area contributed by atoms with Gasteiger partial charge in [0.1, 0.15) is 0 Å². The molecule has 20 heavy (non-hydrogen) atoms. The van der Waals surface area contributed by atoms with Crippen LogP contribution >= 0.6 is 22.9 Å². The van der Waals surface area contributed by atoms with Gasteiger partial charge < -0.3 is 5.32 Å². The fourth-order valence-corrected chi connectivity index (χ4v) is 2.39. The lowest BCUT2D eigenvalue weighted by Gasteiger charge is -2.01. The first-order valence-electron chi connectivity index (χ1n) is 5.67. The Kier molecular flexibility index (Phi) is 3.49. The second kappa shape index (κ2) is 5.44. The topological polar surface area (TPSA) is 68.0 Å². The highest BCUT2D eigenvalue weighted by Crippen LogP contribution is 2.26. The van der Waals surface area contributed by atoms with Crippen LogP contribution in [0.2, 0.25) is 5.02 Å². The van der Waals surface area contributed by atoms with E-state index in [-0.39, 0.29) is 11.7 Å². The highest BCUT2D eigenvalue weighted by molar-refractivity contribution is 7.12. The van der Waals surface area contributed by atoms with E-state index >= 15 is 0 Å². The molecule has 0 atom stereocenters. The molecule has 3 rings (SSSR count). The van der Waals surface area contributed by atoms with Crippen molar-refractivity contribution in [2.75, 3.05) is 5.32 Å². The number of benzene rings is 1. The molecule has 2 heterocycles. The molecule has 0 aliphatic carbocycles. The van der Waals surface area contributed by atoms with Gasteiger partial charge in [0, 0.05) is 10.6 Å². The van der Waals surface area contributed by atoms with Gasteiger partial charge in [0.15, 0.2) is 5.69 Å². The monoisotopic (exact) mass is 305 g/mol. The fraction of sp³-hybridized carbons (Fsp3) is 0. The highest BCUT2D eigenvalue weighted by atomic mass is 35.5. The second-order valence-corrected chi connectivity index (χ2v) is 5.28. The van der Waals surface area contributed by atoms with Gasteiger partial charge in [-0.15, -0.1) is 11.3 Å². The molecular weight excluding hydrogens is 298 g/mol. The van der Waals surface area contributed by atoms with Crippen LogP contribution in [0.15, 0.2) is 46.4 Å². The summed E-state index contributed by atoms with van der Waals surface area (Å²) in [6, 6.07) is 10.6. The summed E-state index contributed by atoms with van der Waals surface area (Å²) in [5, 5.41) is 12.7. The molecule has 7 heteroatoms. The summed E-state index contributed by atoms with van der Waals surface area (Å²) in [7, 11) is 0. The summed E-state index contributed by atoms with van der Waals surface area (Å²) in [6.07, 6.45) is 0. The third-order valence-corrected chi connectivity index (χ3v) is 3.70. The van der Waals surface area contributed by atoms with Crippen molar-refractivity contribution in [2.24, 2.45) is 0 Å². The lowest BCUT2D eigenvalue weighted by molar-refractivity contribution is 0.102. The third kappa shape index (κ3) is 2.56. The van der Waals surface area contributed by atoms with Crippen LogP contribution in [0.25, 0.3) is 11.3 Å². The van der Waals surface area contributed by atoms with E-state index in [9.17, 15) is 4.79 Å². The standard InChI is InChI=1S/C13H8ClN3O2S/c14-9-5-3-8(4-6-9)11-12(17-19-16-11)15-13(18)10-2-1-7-20-10/h1-7H,(H,15,17,18). The van der Waals surface area contributed by atoms with Gasteiger partial charge in [0.25, 0.3) is 5.91 Å². The molecule has 100 valence electrons. The van der Waals surface area contributed by atoms with Gasteiger partial charge in [0.2, 0.25) is 5.82 Å². The van der Waals surface area contributed by atoms with Crippen molar-refractivity contribution < 1.29 is 9.42 Å². The van der Waals surface area contributed by atoms with E-state index in [2.05, 4.69) is 15.6 Å². The zero-order chi connectivity index (χ0) is 13.9. The summed E-state index contributed by atoms with van der Waals surface area (Å²) >= 11 is 7.19. The first-order chi connectivity index (χ1) is 9.74. The molecule has 0 fully saturated rings. The largest absolute Gasteiger partial charge is 0.301 e. The molecule has 5 nitrogen and oxygen atoms in total. The van der Waals surface area contributed by atoms with Crippen molar-refractivity contribution in [3.8, 4) is 11.3 Å². The minimum Gasteiger partial charge on any atom is -0.301 e. The van der Waals surface area contributed by atoms with E-state index in [4.69, 9.17) is 16.2 Å². The molecule has 1 amide bonds. The summed E-state index contributed by atoms with van der Waals surface area (Å²) in [5.41, 5.74) is 1.23. The molecule has 0 aliphatic rings. The molecule has 1 N–H and O–H groups in total. The lowest BCUT2D eigenvalue weighted by atomic mass is 10.1. The van der Waals surface area contributed by atoms with Gasteiger partial charge in [-0.05, 0) is 33.9 Å². The maximum atomic E-state index is 12.0. The number of amides is 1. The van der Waals surface area contributed by atoms with E-state index in [1.54, 1.807) is 36.4 Å². The Morgan fingerprint density at radius 1 is 1.20 bits per heavy atom. The SMILES string of the molecule is O=C(Nc1nonc1-c1ccc(Cl)cc1)c1cccs1. The fourth-order valence-electron chi connectivity index (χ4n) is 1.64. The quantitative estimate of drug-likeness (QED) is 0.801. The van der Waals surface area contributed by atoms with Crippen molar-refractivity contribution in [1.82, 2.24) is 10.3 Å². The summed E-state index contributed by atoms with van der Waals surface area (Å²) in [4.78, 5) is 12.6. The number of aromatic nitrogens is 2. The molecule has 0 spiro atoms. The van der Waals surface area contributed by atoms with Crippen LogP contribution in [0.5, 0.6) is 0 Å². The van der Waals surface area contributed by atoms with Crippen molar-refractivity contribution in [1.29, 1.82) is 0 Å². The molecule has 0 radical (unpaired) electrons. The Labute approximate surface area is 123 Å². The molecule has 3 aromatic rings. The Morgan fingerprint density at radius 3 is 2.70 bits per heavy atom. The Balaban J connectivity index is 1.87. The van der Waals surface area contributed by atoms with Crippen molar-refractivity contribution in [3.05, 3.63) is 51.7 Å². The van der Waals surface area contributed by atoms with Gasteiger partial charge in [-0.25, -0.2) is 4.63 Å². The number of carbonyl (C=O) groups is 1. The Hall–Kier alpha value is -2.18. The number of anilines is 1. The average molecular weight is 306 g/mol. The molecule has 0 bridgehead atoms. The van der Waals surface area contributed by atoms with E-state index < -0.39 is 0 Å². The van der Waals surface area contributed by atoms with Crippen molar-refractivity contribution >= 4 is 34.7 Å². The van der Waals surface area contributed by atoms with Crippen molar-refractivity contribution in [2.45, 2.75) is 0 Å². The van der Waals surface area contributed by atoms with E-state index in [1.165, 1.54) is 11.3 Å². The van der Waals surface area contributed by atoms with Crippen LogP contribution in [0.1, 0.15) is 9.67 Å². The maximum absolute atomic E-state index is 12.0. The van der Waals surface area contributed by atoms with E-state index in [0.717, 1.165) is 5.56 Å². The van der Waals surface area contributed by atoms with Gasteiger partial charge in [0.05, 0.1) is 4.88 Å².